The zero-order chi connectivity index (χ0) is 20.0. The summed E-state index contributed by atoms with van der Waals surface area (Å²) >= 11 is 5.82. The van der Waals surface area contributed by atoms with Crippen LogP contribution in [0.15, 0.2) is 72.8 Å². The predicted molar refractivity (Wildman–Crippen MR) is 111 cm³/mol. The van der Waals surface area contributed by atoms with E-state index in [2.05, 4.69) is 16.0 Å². The molecular formula is C21H20ClN3O3. The first-order chi connectivity index (χ1) is 13.4. The number of hydrogen-bond donors (Lipinski definition) is 3. The Hall–Kier alpha value is -3.25. The van der Waals surface area contributed by atoms with Crippen LogP contribution < -0.4 is 20.7 Å². The van der Waals surface area contributed by atoms with Gasteiger partial charge in [-0.3, -0.25) is 0 Å². The number of hydrogen-bond acceptors (Lipinski definition) is 3. The second-order valence-electron chi connectivity index (χ2n) is 6.53. The van der Waals surface area contributed by atoms with Crippen LogP contribution in [-0.2, 0) is 0 Å². The molecule has 2 aromatic carbocycles. The summed E-state index contributed by atoms with van der Waals surface area (Å²) in [6, 6.07) is 12.9. The molecule has 28 heavy (non-hydrogen) atoms. The average Bonchev–Trinajstić information content (AvgIpc) is 2.65. The van der Waals surface area contributed by atoms with Crippen molar-refractivity contribution < 1.29 is 14.3 Å². The van der Waals surface area contributed by atoms with Gasteiger partial charge in [0.25, 0.3) is 0 Å². The zero-order valence-corrected chi connectivity index (χ0v) is 16.0. The Labute approximate surface area is 168 Å². The maximum atomic E-state index is 12.1. The molecule has 144 valence electrons. The number of halogens is 1. The highest BCUT2D eigenvalue weighted by molar-refractivity contribution is 6.30. The fourth-order valence-electron chi connectivity index (χ4n) is 2.62. The molecule has 1 aliphatic carbocycles. The normalized spacial score (nSPS) is 17.6. The summed E-state index contributed by atoms with van der Waals surface area (Å²) in [6.07, 6.45) is 7.88. The molecule has 7 heteroatoms. The van der Waals surface area contributed by atoms with Crippen molar-refractivity contribution in [2.24, 2.45) is 0 Å². The van der Waals surface area contributed by atoms with Gasteiger partial charge in [-0.2, -0.15) is 0 Å². The first-order valence-electron chi connectivity index (χ1n) is 8.70. The van der Waals surface area contributed by atoms with Crippen molar-refractivity contribution in [1.29, 1.82) is 0 Å². The lowest BCUT2D eigenvalue weighted by Crippen LogP contribution is -2.45. The molecule has 0 aliphatic heterocycles. The van der Waals surface area contributed by atoms with Crippen LogP contribution in [0.25, 0.3) is 0 Å². The van der Waals surface area contributed by atoms with Crippen molar-refractivity contribution in [3.05, 3.63) is 77.9 Å². The summed E-state index contributed by atoms with van der Waals surface area (Å²) in [5, 5.41) is 8.83. The number of nitrogens with one attached hydrogen (secondary N) is 3. The molecule has 2 aromatic rings. The third kappa shape index (κ3) is 5.62. The SMILES string of the molecule is CC1(NC(=O)Oc2ccc(NC(=O)Nc3ccc(Cl)cc3)cc2)C=CC=CC1. The highest BCUT2D eigenvalue weighted by Gasteiger charge is 2.24. The van der Waals surface area contributed by atoms with Crippen LogP contribution in [0.1, 0.15) is 13.3 Å². The van der Waals surface area contributed by atoms with Gasteiger partial charge in [-0.05, 0) is 61.9 Å². The maximum absolute atomic E-state index is 12.1. The standard InChI is InChI=1S/C21H20ClN3O3/c1-21(13-3-2-4-14-21)25-20(27)28-18-11-9-17(10-12-18)24-19(26)23-16-7-5-15(22)6-8-16/h2-13H,14H2,1H3,(H,25,27)(H2,23,24,26). The Morgan fingerprint density at radius 1 is 0.964 bits per heavy atom. The highest BCUT2D eigenvalue weighted by Crippen LogP contribution is 2.19. The zero-order valence-electron chi connectivity index (χ0n) is 15.2. The largest absolute Gasteiger partial charge is 0.413 e. The van der Waals surface area contributed by atoms with Crippen LogP contribution >= 0.6 is 11.6 Å². The number of ether oxygens (including phenoxy) is 1. The molecule has 0 bridgehead atoms. The Bertz CT molecular complexity index is 907. The van der Waals surface area contributed by atoms with E-state index in [0.717, 1.165) is 0 Å². The summed E-state index contributed by atoms with van der Waals surface area (Å²) in [4.78, 5) is 24.1. The Balaban J connectivity index is 1.51. The lowest BCUT2D eigenvalue weighted by Gasteiger charge is -2.27. The van der Waals surface area contributed by atoms with Crippen molar-refractivity contribution >= 4 is 35.1 Å². The van der Waals surface area contributed by atoms with Crippen LogP contribution in [-0.4, -0.2) is 17.7 Å². The van der Waals surface area contributed by atoms with Crippen molar-refractivity contribution in [2.75, 3.05) is 10.6 Å². The second-order valence-corrected chi connectivity index (χ2v) is 6.97. The molecule has 6 nitrogen and oxygen atoms in total. The fourth-order valence-corrected chi connectivity index (χ4v) is 2.74. The number of anilines is 2. The number of urea groups is 1. The maximum Gasteiger partial charge on any atom is 0.413 e. The molecule has 0 heterocycles. The molecule has 1 atom stereocenters. The molecule has 0 aromatic heterocycles. The first-order valence-corrected chi connectivity index (χ1v) is 9.08. The van der Waals surface area contributed by atoms with E-state index >= 15 is 0 Å². The van der Waals surface area contributed by atoms with Crippen molar-refractivity contribution in [3.63, 3.8) is 0 Å². The Morgan fingerprint density at radius 2 is 1.57 bits per heavy atom. The number of rotatable bonds is 4. The lowest BCUT2D eigenvalue weighted by molar-refractivity contribution is 0.191. The first kappa shape index (κ1) is 19.5. The van der Waals surface area contributed by atoms with Gasteiger partial charge in [-0.15, -0.1) is 0 Å². The molecule has 0 radical (unpaired) electrons. The van der Waals surface area contributed by atoms with E-state index in [0.29, 0.717) is 28.6 Å². The summed E-state index contributed by atoms with van der Waals surface area (Å²) in [5.74, 6) is 0.375. The fraction of sp³-hybridized carbons (Fsp3) is 0.143. The van der Waals surface area contributed by atoms with Crippen LogP contribution in [0, 0.1) is 0 Å². The molecular weight excluding hydrogens is 378 g/mol. The Kier molecular flexibility index (Phi) is 6.01. The molecule has 0 spiro atoms. The summed E-state index contributed by atoms with van der Waals surface area (Å²) < 4.78 is 5.30. The number of benzene rings is 2. The van der Waals surface area contributed by atoms with E-state index in [4.69, 9.17) is 16.3 Å². The molecule has 1 unspecified atom stereocenters. The van der Waals surface area contributed by atoms with E-state index in [1.165, 1.54) is 0 Å². The third-order valence-corrected chi connectivity index (χ3v) is 4.32. The van der Waals surface area contributed by atoms with Crippen molar-refractivity contribution in [2.45, 2.75) is 18.9 Å². The Morgan fingerprint density at radius 3 is 2.14 bits per heavy atom. The second kappa shape index (κ2) is 8.63. The minimum Gasteiger partial charge on any atom is -0.410 e. The third-order valence-electron chi connectivity index (χ3n) is 4.07. The monoisotopic (exact) mass is 397 g/mol. The van der Waals surface area contributed by atoms with Gasteiger partial charge < -0.3 is 20.7 Å². The van der Waals surface area contributed by atoms with E-state index in [1.54, 1.807) is 48.5 Å². The molecule has 3 amide bonds. The van der Waals surface area contributed by atoms with Crippen LogP contribution in [0.5, 0.6) is 5.75 Å². The van der Waals surface area contributed by atoms with Gasteiger partial charge in [0, 0.05) is 16.4 Å². The summed E-state index contributed by atoms with van der Waals surface area (Å²) in [5.41, 5.74) is 0.720. The molecule has 0 saturated carbocycles. The summed E-state index contributed by atoms with van der Waals surface area (Å²) in [6.45, 7) is 1.92. The van der Waals surface area contributed by atoms with Gasteiger partial charge in [0.1, 0.15) is 5.75 Å². The minimum atomic E-state index is -0.538. The lowest BCUT2D eigenvalue weighted by atomic mass is 9.94. The summed E-state index contributed by atoms with van der Waals surface area (Å²) in [7, 11) is 0. The van der Waals surface area contributed by atoms with Crippen LogP contribution in [0.3, 0.4) is 0 Å². The predicted octanol–water partition coefficient (Wildman–Crippen LogP) is 5.35. The number of carbonyl (C=O) groups excluding carboxylic acids is 2. The number of allylic oxidation sites excluding steroid dienone is 2. The van der Waals surface area contributed by atoms with Crippen molar-refractivity contribution in [1.82, 2.24) is 5.32 Å². The molecule has 0 fully saturated rings. The van der Waals surface area contributed by atoms with Gasteiger partial charge in [-0.1, -0.05) is 35.9 Å². The quantitative estimate of drug-likeness (QED) is 0.650. The van der Waals surface area contributed by atoms with Gasteiger partial charge in [0.05, 0.1) is 5.54 Å². The van der Waals surface area contributed by atoms with E-state index < -0.39 is 17.7 Å². The topological polar surface area (TPSA) is 79.5 Å². The smallest absolute Gasteiger partial charge is 0.410 e. The molecule has 1 aliphatic rings. The number of amides is 3. The van der Waals surface area contributed by atoms with Gasteiger partial charge in [0.15, 0.2) is 0 Å². The number of carbonyl (C=O) groups is 2. The van der Waals surface area contributed by atoms with Crippen molar-refractivity contribution in [3.8, 4) is 5.75 Å². The molecule has 0 saturated heterocycles. The minimum absolute atomic E-state index is 0.375. The van der Waals surface area contributed by atoms with Gasteiger partial charge in [0.2, 0.25) is 0 Å². The van der Waals surface area contributed by atoms with Gasteiger partial charge in [-0.25, -0.2) is 9.59 Å². The average molecular weight is 398 g/mol. The van der Waals surface area contributed by atoms with E-state index in [1.807, 2.05) is 31.2 Å². The van der Waals surface area contributed by atoms with Crippen LogP contribution in [0.2, 0.25) is 5.02 Å². The van der Waals surface area contributed by atoms with Crippen LogP contribution in [0.4, 0.5) is 21.0 Å². The van der Waals surface area contributed by atoms with E-state index in [9.17, 15) is 9.59 Å². The van der Waals surface area contributed by atoms with E-state index in [-0.39, 0.29) is 0 Å². The highest BCUT2D eigenvalue weighted by atomic mass is 35.5. The molecule has 3 N–H and O–H groups in total. The van der Waals surface area contributed by atoms with Gasteiger partial charge >= 0.3 is 12.1 Å². The molecule has 3 rings (SSSR count).